The van der Waals surface area contributed by atoms with Gasteiger partial charge in [0, 0.05) is 30.1 Å². The molecular formula is C19H24N4O2. The van der Waals surface area contributed by atoms with Crippen LogP contribution in [-0.4, -0.2) is 27.8 Å². The Morgan fingerprint density at radius 3 is 2.60 bits per heavy atom. The van der Waals surface area contributed by atoms with Crippen LogP contribution in [-0.2, 0) is 11.2 Å². The number of unbranched alkanes of at least 4 members (excludes halogenated alkanes) is 1. The lowest BCUT2D eigenvalue weighted by atomic mass is 10.0. The number of hydrogen-bond donors (Lipinski definition) is 1. The maximum absolute atomic E-state index is 11.9. The van der Waals surface area contributed by atoms with Crippen LogP contribution in [0.5, 0.6) is 6.01 Å². The molecule has 0 saturated heterocycles. The molecule has 0 spiro atoms. The third kappa shape index (κ3) is 5.67. The van der Waals surface area contributed by atoms with Crippen LogP contribution in [0.2, 0.25) is 0 Å². The first-order chi connectivity index (χ1) is 12.0. The molecule has 0 bridgehead atoms. The van der Waals surface area contributed by atoms with Crippen LogP contribution < -0.4 is 10.5 Å². The van der Waals surface area contributed by atoms with Gasteiger partial charge in [-0.3, -0.25) is 4.79 Å². The lowest BCUT2D eigenvalue weighted by Crippen LogP contribution is -2.02. The summed E-state index contributed by atoms with van der Waals surface area (Å²) in [5, 5.41) is 0. The average molecular weight is 340 g/mol. The first-order valence-electron chi connectivity index (χ1n) is 8.29. The average Bonchev–Trinajstić information content (AvgIpc) is 2.61. The maximum atomic E-state index is 11.9. The topological polar surface area (TPSA) is 91.0 Å². The summed E-state index contributed by atoms with van der Waals surface area (Å²) in [5.41, 5.74) is 9.80. The fourth-order valence-electron chi connectivity index (χ4n) is 2.44. The molecular weight excluding hydrogens is 316 g/mol. The Hall–Kier alpha value is -2.76. The van der Waals surface area contributed by atoms with E-state index in [1.54, 1.807) is 24.5 Å². The monoisotopic (exact) mass is 340 g/mol. The first kappa shape index (κ1) is 18.6. The van der Waals surface area contributed by atoms with Crippen molar-refractivity contribution in [1.82, 2.24) is 15.0 Å². The van der Waals surface area contributed by atoms with E-state index in [4.69, 9.17) is 10.5 Å². The van der Waals surface area contributed by atoms with Crippen LogP contribution in [0.4, 0.5) is 5.82 Å². The number of carbonyl (C=O) groups is 1. The number of nitrogens with zero attached hydrogens (tertiary/aromatic N) is 3. The van der Waals surface area contributed by atoms with E-state index in [0.717, 1.165) is 41.6 Å². The summed E-state index contributed by atoms with van der Waals surface area (Å²) >= 11 is 0. The molecule has 132 valence electrons. The summed E-state index contributed by atoms with van der Waals surface area (Å²) < 4.78 is 4.89. The molecule has 6 nitrogen and oxygen atoms in total. The van der Waals surface area contributed by atoms with Crippen molar-refractivity contribution in [2.24, 2.45) is 0 Å². The molecule has 0 aromatic carbocycles. The zero-order valence-corrected chi connectivity index (χ0v) is 15.0. The lowest BCUT2D eigenvalue weighted by Gasteiger charge is -2.08. The van der Waals surface area contributed by atoms with Gasteiger partial charge in [0.2, 0.25) is 0 Å². The van der Waals surface area contributed by atoms with Crippen molar-refractivity contribution in [1.29, 1.82) is 0 Å². The molecule has 0 aliphatic rings. The van der Waals surface area contributed by atoms with Gasteiger partial charge >= 0.3 is 6.01 Å². The van der Waals surface area contributed by atoms with Gasteiger partial charge in [-0.2, -0.15) is 0 Å². The molecule has 0 saturated carbocycles. The standard InChI is InChI=1S/C19H24N4O2/c1-13-10-14(2)18(20)23-17(13)7-5-4-6-16(24)9-8-15-11-21-19(25-3)22-12-15/h8-12H,4-7H2,1-3H3,(H2,20,23). The normalized spacial score (nSPS) is 11.0. The number of allylic oxidation sites excluding steroid dienone is 1. The third-order valence-electron chi connectivity index (χ3n) is 3.93. The van der Waals surface area contributed by atoms with Crippen molar-refractivity contribution in [3.05, 3.63) is 46.9 Å². The van der Waals surface area contributed by atoms with Gasteiger partial charge in [0.05, 0.1) is 7.11 Å². The van der Waals surface area contributed by atoms with Crippen molar-refractivity contribution in [3.8, 4) is 6.01 Å². The van der Waals surface area contributed by atoms with E-state index in [9.17, 15) is 4.79 Å². The van der Waals surface area contributed by atoms with Crippen molar-refractivity contribution in [2.45, 2.75) is 39.5 Å². The summed E-state index contributed by atoms with van der Waals surface area (Å²) in [4.78, 5) is 24.3. The first-order valence-corrected chi connectivity index (χ1v) is 8.29. The number of nitrogens with two attached hydrogens (primary N) is 1. The summed E-state index contributed by atoms with van der Waals surface area (Å²) in [7, 11) is 1.51. The summed E-state index contributed by atoms with van der Waals surface area (Å²) in [6.07, 6.45) is 9.58. The summed E-state index contributed by atoms with van der Waals surface area (Å²) in [6.45, 7) is 4.00. The number of carbonyl (C=O) groups excluding carboxylic acids is 1. The van der Waals surface area contributed by atoms with E-state index in [-0.39, 0.29) is 5.78 Å². The van der Waals surface area contributed by atoms with Crippen LogP contribution in [0.3, 0.4) is 0 Å². The summed E-state index contributed by atoms with van der Waals surface area (Å²) in [6, 6.07) is 2.37. The number of aryl methyl sites for hydroxylation is 3. The fraction of sp³-hybridized carbons (Fsp3) is 0.368. The van der Waals surface area contributed by atoms with Crippen molar-refractivity contribution in [3.63, 3.8) is 0 Å². The van der Waals surface area contributed by atoms with E-state index in [1.165, 1.54) is 7.11 Å². The van der Waals surface area contributed by atoms with Crippen molar-refractivity contribution >= 4 is 17.7 Å². The number of methoxy groups -OCH3 is 1. The molecule has 2 heterocycles. The second kappa shape index (κ2) is 8.92. The molecule has 0 amide bonds. The van der Waals surface area contributed by atoms with Crippen LogP contribution >= 0.6 is 0 Å². The molecule has 2 rings (SSSR count). The number of ether oxygens (including phenoxy) is 1. The Balaban J connectivity index is 1.76. The molecule has 25 heavy (non-hydrogen) atoms. The van der Waals surface area contributed by atoms with Crippen molar-refractivity contribution < 1.29 is 9.53 Å². The molecule has 2 N–H and O–H groups in total. The van der Waals surface area contributed by atoms with Gasteiger partial charge in [-0.25, -0.2) is 15.0 Å². The van der Waals surface area contributed by atoms with E-state index in [1.807, 2.05) is 13.8 Å². The number of rotatable bonds is 8. The second-order valence-corrected chi connectivity index (χ2v) is 5.96. The Labute approximate surface area is 148 Å². The highest BCUT2D eigenvalue weighted by molar-refractivity contribution is 5.93. The highest BCUT2D eigenvalue weighted by Gasteiger charge is 2.05. The quantitative estimate of drug-likeness (QED) is 0.586. The fourth-order valence-corrected chi connectivity index (χ4v) is 2.44. The lowest BCUT2D eigenvalue weighted by molar-refractivity contribution is -0.114. The van der Waals surface area contributed by atoms with Crippen molar-refractivity contribution in [2.75, 3.05) is 12.8 Å². The largest absolute Gasteiger partial charge is 0.467 e. The molecule has 2 aromatic rings. The number of hydrogen-bond acceptors (Lipinski definition) is 6. The van der Waals surface area contributed by atoms with E-state index >= 15 is 0 Å². The zero-order valence-electron chi connectivity index (χ0n) is 15.0. The predicted octanol–water partition coefficient (Wildman–Crippen LogP) is 3.07. The Kier molecular flexibility index (Phi) is 6.62. The molecule has 2 aromatic heterocycles. The Morgan fingerprint density at radius 2 is 1.92 bits per heavy atom. The van der Waals surface area contributed by atoms with E-state index < -0.39 is 0 Å². The van der Waals surface area contributed by atoms with Crippen LogP contribution in [0.25, 0.3) is 6.08 Å². The Bertz CT molecular complexity index is 755. The van der Waals surface area contributed by atoms with Gasteiger partial charge in [-0.15, -0.1) is 0 Å². The molecule has 0 aliphatic carbocycles. The summed E-state index contributed by atoms with van der Waals surface area (Å²) in [5.74, 6) is 0.672. The zero-order chi connectivity index (χ0) is 18.2. The van der Waals surface area contributed by atoms with Gasteiger partial charge in [0.1, 0.15) is 5.82 Å². The van der Waals surface area contributed by atoms with E-state index in [0.29, 0.717) is 18.2 Å². The number of pyridine rings is 1. The highest BCUT2D eigenvalue weighted by atomic mass is 16.5. The highest BCUT2D eigenvalue weighted by Crippen LogP contribution is 2.16. The second-order valence-electron chi connectivity index (χ2n) is 5.96. The number of anilines is 1. The van der Waals surface area contributed by atoms with Crippen LogP contribution in [0.15, 0.2) is 24.5 Å². The molecule has 0 fully saturated rings. The Morgan fingerprint density at radius 1 is 1.20 bits per heavy atom. The minimum atomic E-state index is 0.0870. The van der Waals surface area contributed by atoms with Crippen LogP contribution in [0, 0.1) is 13.8 Å². The van der Waals surface area contributed by atoms with Gasteiger partial charge in [0.15, 0.2) is 5.78 Å². The third-order valence-corrected chi connectivity index (χ3v) is 3.93. The smallest absolute Gasteiger partial charge is 0.316 e. The number of aromatic nitrogens is 3. The molecule has 0 atom stereocenters. The minimum absolute atomic E-state index is 0.0870. The predicted molar refractivity (Wildman–Crippen MR) is 98.3 cm³/mol. The van der Waals surface area contributed by atoms with Crippen LogP contribution in [0.1, 0.15) is 41.6 Å². The SMILES string of the molecule is COc1ncc(C=CC(=O)CCCCc2nc(N)c(C)cc2C)cn1. The molecule has 0 radical (unpaired) electrons. The van der Waals surface area contributed by atoms with Gasteiger partial charge in [0.25, 0.3) is 0 Å². The number of nitrogen functional groups attached to an aromatic ring is 1. The van der Waals surface area contributed by atoms with Gasteiger partial charge < -0.3 is 10.5 Å². The van der Waals surface area contributed by atoms with E-state index in [2.05, 4.69) is 21.0 Å². The molecule has 6 heteroatoms. The van der Waals surface area contributed by atoms with Gasteiger partial charge in [-0.05, 0) is 56.4 Å². The molecule has 0 unspecified atom stereocenters. The number of ketones is 1. The molecule has 0 aliphatic heterocycles. The minimum Gasteiger partial charge on any atom is -0.467 e. The van der Waals surface area contributed by atoms with Gasteiger partial charge in [-0.1, -0.05) is 6.07 Å². The maximum Gasteiger partial charge on any atom is 0.316 e.